The van der Waals surface area contributed by atoms with Gasteiger partial charge >= 0.3 is 0 Å². The molecule has 0 aliphatic carbocycles. The first kappa shape index (κ1) is 20.7. The van der Waals surface area contributed by atoms with Crippen molar-refractivity contribution in [2.45, 2.75) is 25.2 Å². The van der Waals surface area contributed by atoms with Crippen LogP contribution < -0.4 is 15.0 Å². The zero-order valence-electron chi connectivity index (χ0n) is 17.6. The molecule has 0 atom stereocenters. The van der Waals surface area contributed by atoms with Crippen LogP contribution in [0.15, 0.2) is 78.9 Å². The minimum absolute atomic E-state index is 0.0828. The predicted octanol–water partition coefficient (Wildman–Crippen LogP) is 4.98. The maximum Gasteiger partial charge on any atom is 0.236 e. The Labute approximate surface area is 182 Å². The van der Waals surface area contributed by atoms with E-state index >= 15 is 0 Å². The van der Waals surface area contributed by atoms with Gasteiger partial charge in [-0.05, 0) is 42.2 Å². The largest absolute Gasteiger partial charge is 0.495 e. The molecule has 0 saturated carbocycles. The number of nitrogens with one attached hydrogen (secondary N) is 1. The van der Waals surface area contributed by atoms with E-state index in [-0.39, 0.29) is 11.8 Å². The molecule has 1 aliphatic rings. The fourth-order valence-electron chi connectivity index (χ4n) is 4.04. The van der Waals surface area contributed by atoms with Crippen molar-refractivity contribution >= 4 is 23.2 Å². The summed E-state index contributed by atoms with van der Waals surface area (Å²) < 4.78 is 5.49. The Hall–Kier alpha value is -3.60. The Kier molecular flexibility index (Phi) is 6.32. The monoisotopic (exact) mass is 414 g/mol. The first-order valence-corrected chi connectivity index (χ1v) is 10.6. The molecule has 3 aromatic carbocycles. The van der Waals surface area contributed by atoms with E-state index in [0.29, 0.717) is 30.1 Å². The van der Waals surface area contributed by atoms with Crippen molar-refractivity contribution in [3.63, 3.8) is 0 Å². The van der Waals surface area contributed by atoms with Gasteiger partial charge in [-0.1, -0.05) is 60.7 Å². The van der Waals surface area contributed by atoms with Gasteiger partial charge in [0, 0.05) is 18.7 Å². The van der Waals surface area contributed by atoms with Crippen LogP contribution in [0.3, 0.4) is 0 Å². The summed E-state index contributed by atoms with van der Waals surface area (Å²) in [6.45, 7) is 0.656. The molecular weight excluding hydrogens is 388 g/mol. The molecule has 1 N–H and O–H groups in total. The molecule has 0 radical (unpaired) electrons. The van der Waals surface area contributed by atoms with Crippen molar-refractivity contribution in [3.05, 3.63) is 90.0 Å². The third-order valence-electron chi connectivity index (χ3n) is 5.59. The number of carbonyl (C=O) groups excluding carboxylic acids is 2. The summed E-state index contributed by atoms with van der Waals surface area (Å²) in [5, 5.41) is 3.05. The molecule has 1 aliphatic heterocycles. The van der Waals surface area contributed by atoms with Gasteiger partial charge in [-0.25, -0.2) is 0 Å². The molecule has 0 spiro atoms. The van der Waals surface area contributed by atoms with E-state index in [1.54, 1.807) is 18.1 Å². The van der Waals surface area contributed by atoms with Crippen LogP contribution in [-0.2, 0) is 9.59 Å². The minimum Gasteiger partial charge on any atom is -0.495 e. The number of piperidine rings is 1. The molecule has 0 unspecified atom stereocenters. The van der Waals surface area contributed by atoms with Crippen molar-refractivity contribution < 1.29 is 14.3 Å². The van der Waals surface area contributed by atoms with Crippen LogP contribution in [0.1, 0.15) is 36.3 Å². The van der Waals surface area contributed by atoms with Gasteiger partial charge in [0.2, 0.25) is 11.8 Å². The van der Waals surface area contributed by atoms with Crippen LogP contribution in [0.4, 0.5) is 11.4 Å². The lowest BCUT2D eigenvalue weighted by Crippen LogP contribution is -2.35. The smallest absolute Gasteiger partial charge is 0.236 e. The van der Waals surface area contributed by atoms with Crippen molar-refractivity contribution in [3.8, 4) is 5.75 Å². The van der Waals surface area contributed by atoms with E-state index in [1.807, 2.05) is 72.8 Å². The second-order valence-corrected chi connectivity index (χ2v) is 7.63. The first-order chi connectivity index (χ1) is 15.2. The standard InChI is InChI=1S/C26H26N2O3/c1-31-23-16-15-21(18-22(23)28-17-9-8-14-24(28)29)27-26(30)25(19-10-4-2-5-11-19)20-12-6-3-7-13-20/h2-7,10-13,15-16,18,25H,8-9,14,17H2,1H3,(H,27,30). The maximum atomic E-state index is 13.4. The number of anilines is 2. The van der Waals surface area contributed by atoms with Gasteiger partial charge in [-0.15, -0.1) is 0 Å². The normalized spacial score (nSPS) is 13.9. The van der Waals surface area contributed by atoms with Crippen LogP contribution in [0.2, 0.25) is 0 Å². The lowest BCUT2D eigenvalue weighted by molar-refractivity contribution is -0.119. The first-order valence-electron chi connectivity index (χ1n) is 10.6. The molecule has 3 aromatic rings. The van der Waals surface area contributed by atoms with Crippen molar-refractivity contribution in [1.29, 1.82) is 0 Å². The Morgan fingerprint density at radius 2 is 1.58 bits per heavy atom. The Balaban J connectivity index is 1.65. The number of rotatable bonds is 6. The number of amides is 2. The highest BCUT2D eigenvalue weighted by Crippen LogP contribution is 2.34. The zero-order valence-corrected chi connectivity index (χ0v) is 17.6. The highest BCUT2D eigenvalue weighted by Gasteiger charge is 2.25. The number of nitrogens with zero attached hydrogens (tertiary/aromatic N) is 1. The Morgan fingerprint density at radius 1 is 0.935 bits per heavy atom. The van der Waals surface area contributed by atoms with Gasteiger partial charge in [0.15, 0.2) is 0 Å². The summed E-state index contributed by atoms with van der Waals surface area (Å²) >= 11 is 0. The molecule has 1 heterocycles. The van der Waals surface area contributed by atoms with Crippen LogP contribution in [-0.4, -0.2) is 25.5 Å². The minimum atomic E-state index is -0.440. The van der Waals surface area contributed by atoms with Gasteiger partial charge in [0.05, 0.1) is 18.7 Å². The van der Waals surface area contributed by atoms with Gasteiger partial charge in [0.1, 0.15) is 5.75 Å². The summed E-state index contributed by atoms with van der Waals surface area (Å²) in [7, 11) is 1.59. The second-order valence-electron chi connectivity index (χ2n) is 7.63. The molecule has 4 rings (SSSR count). The molecule has 1 fully saturated rings. The molecule has 0 bridgehead atoms. The number of hydrogen-bond donors (Lipinski definition) is 1. The quantitative estimate of drug-likeness (QED) is 0.619. The topological polar surface area (TPSA) is 58.6 Å². The lowest BCUT2D eigenvalue weighted by atomic mass is 9.90. The fraction of sp³-hybridized carbons (Fsp3) is 0.231. The van der Waals surface area contributed by atoms with E-state index in [4.69, 9.17) is 4.74 Å². The molecule has 5 heteroatoms. The van der Waals surface area contributed by atoms with Crippen LogP contribution in [0, 0.1) is 0 Å². The van der Waals surface area contributed by atoms with Gasteiger partial charge in [-0.3, -0.25) is 9.59 Å². The average Bonchev–Trinajstić information content (AvgIpc) is 2.81. The second kappa shape index (κ2) is 9.47. The molecule has 1 saturated heterocycles. The predicted molar refractivity (Wildman–Crippen MR) is 123 cm³/mol. The van der Waals surface area contributed by atoms with Gasteiger partial charge < -0.3 is 15.0 Å². The molecular formula is C26H26N2O3. The van der Waals surface area contributed by atoms with Crippen molar-refractivity contribution in [1.82, 2.24) is 0 Å². The van der Waals surface area contributed by atoms with Crippen LogP contribution in [0.25, 0.3) is 0 Å². The summed E-state index contributed by atoms with van der Waals surface area (Å²) in [5.41, 5.74) is 3.18. The molecule has 158 valence electrons. The zero-order chi connectivity index (χ0) is 21.6. The van der Waals surface area contributed by atoms with E-state index in [9.17, 15) is 9.59 Å². The van der Waals surface area contributed by atoms with E-state index in [2.05, 4.69) is 5.32 Å². The number of carbonyl (C=O) groups is 2. The number of hydrogen-bond acceptors (Lipinski definition) is 3. The third-order valence-corrected chi connectivity index (χ3v) is 5.59. The highest BCUT2D eigenvalue weighted by atomic mass is 16.5. The number of benzene rings is 3. The fourth-order valence-corrected chi connectivity index (χ4v) is 4.04. The average molecular weight is 415 g/mol. The van der Waals surface area contributed by atoms with Crippen molar-refractivity contribution in [2.24, 2.45) is 0 Å². The van der Waals surface area contributed by atoms with E-state index in [0.717, 1.165) is 24.0 Å². The summed E-state index contributed by atoms with van der Waals surface area (Å²) in [4.78, 5) is 27.6. The van der Waals surface area contributed by atoms with E-state index < -0.39 is 5.92 Å². The Morgan fingerprint density at radius 3 is 2.16 bits per heavy atom. The molecule has 0 aromatic heterocycles. The molecule has 5 nitrogen and oxygen atoms in total. The summed E-state index contributed by atoms with van der Waals surface area (Å²) in [6, 6.07) is 24.9. The summed E-state index contributed by atoms with van der Waals surface area (Å²) in [5.74, 6) is 0.137. The maximum absolute atomic E-state index is 13.4. The third kappa shape index (κ3) is 4.61. The van der Waals surface area contributed by atoms with Crippen LogP contribution >= 0.6 is 0 Å². The number of ether oxygens (including phenoxy) is 1. The van der Waals surface area contributed by atoms with E-state index in [1.165, 1.54) is 0 Å². The van der Waals surface area contributed by atoms with Crippen LogP contribution in [0.5, 0.6) is 5.75 Å². The SMILES string of the molecule is COc1ccc(NC(=O)C(c2ccccc2)c2ccccc2)cc1N1CCCCC1=O. The lowest BCUT2D eigenvalue weighted by Gasteiger charge is -2.28. The molecule has 2 amide bonds. The van der Waals surface area contributed by atoms with Gasteiger partial charge in [-0.2, -0.15) is 0 Å². The molecule has 31 heavy (non-hydrogen) atoms. The van der Waals surface area contributed by atoms with Crippen molar-refractivity contribution in [2.75, 3.05) is 23.9 Å². The summed E-state index contributed by atoms with van der Waals surface area (Å²) in [6.07, 6.45) is 2.39. The Bertz CT molecular complexity index is 1010. The highest BCUT2D eigenvalue weighted by molar-refractivity contribution is 6.00. The van der Waals surface area contributed by atoms with Gasteiger partial charge in [0.25, 0.3) is 0 Å². The number of methoxy groups -OCH3 is 1.